The van der Waals surface area contributed by atoms with Gasteiger partial charge in [0.25, 0.3) is 0 Å². The topological polar surface area (TPSA) is 73.5 Å². The number of rotatable bonds is 7. The van der Waals surface area contributed by atoms with Crippen LogP contribution in [0.3, 0.4) is 0 Å². The molecule has 2 aliphatic rings. The van der Waals surface area contributed by atoms with Crippen LogP contribution in [0.2, 0.25) is 0 Å². The van der Waals surface area contributed by atoms with E-state index in [2.05, 4.69) is 68.9 Å². The smallest absolute Gasteiger partial charge is 0.159 e. The van der Waals surface area contributed by atoms with Gasteiger partial charge in [0.1, 0.15) is 5.69 Å². The van der Waals surface area contributed by atoms with E-state index in [1.54, 1.807) is 0 Å². The molecular weight excluding hydrogens is 456 g/mol. The second-order valence-corrected chi connectivity index (χ2v) is 10.5. The second kappa shape index (κ2) is 10.5. The third-order valence-corrected chi connectivity index (χ3v) is 8.11. The van der Waals surface area contributed by atoms with Crippen LogP contribution in [0.15, 0.2) is 61.0 Å². The number of nitrogens with one attached hydrogen (secondary N) is 2. The van der Waals surface area contributed by atoms with Gasteiger partial charge in [0.2, 0.25) is 0 Å². The van der Waals surface area contributed by atoms with Gasteiger partial charge < -0.3 is 4.98 Å². The van der Waals surface area contributed by atoms with Crippen LogP contribution in [-0.4, -0.2) is 49.7 Å². The Morgan fingerprint density at radius 2 is 1.92 bits per heavy atom. The van der Waals surface area contributed by atoms with Gasteiger partial charge in [0, 0.05) is 23.7 Å². The molecule has 3 aromatic heterocycles. The first-order valence-electron chi connectivity index (χ1n) is 13.8. The van der Waals surface area contributed by atoms with Crippen molar-refractivity contribution in [1.29, 1.82) is 0 Å². The number of hydrogen-bond acceptors (Lipinski definition) is 4. The summed E-state index contributed by atoms with van der Waals surface area (Å²) in [5, 5.41) is 8.95. The van der Waals surface area contributed by atoms with E-state index in [1.807, 2.05) is 18.5 Å². The van der Waals surface area contributed by atoms with Crippen molar-refractivity contribution in [3.05, 3.63) is 72.1 Å². The van der Waals surface area contributed by atoms with E-state index in [0.29, 0.717) is 5.92 Å². The zero-order valence-corrected chi connectivity index (χ0v) is 21.8. The van der Waals surface area contributed by atoms with Gasteiger partial charge in [0.15, 0.2) is 5.82 Å². The summed E-state index contributed by atoms with van der Waals surface area (Å²) in [7, 11) is 0. The summed E-state index contributed by atoms with van der Waals surface area (Å²) in [6.45, 7) is 9.49. The fourth-order valence-corrected chi connectivity index (χ4v) is 6.05. The standard InChI is InChI=1S/C31H36N6/c1-3-21(20-37-14-8-9-15-37)16-22(4-2)24-12-13-27-25(17-24)30(36-35-27)31-33-28-19-32-18-26(29(28)34-31)23-10-6-5-7-11-23/h3-4,12-13,16-19,23H,1,5-11,14-15,20H2,2H3,(H,33,34)(H,35,36)/b21-16+,22-4+. The monoisotopic (exact) mass is 492 g/mol. The first kappa shape index (κ1) is 23.9. The lowest BCUT2D eigenvalue weighted by atomic mass is 9.84. The number of H-pyrrole nitrogens is 2. The largest absolute Gasteiger partial charge is 0.335 e. The number of pyridine rings is 1. The molecular formula is C31H36N6. The van der Waals surface area contributed by atoms with E-state index in [1.165, 1.54) is 80.3 Å². The van der Waals surface area contributed by atoms with Gasteiger partial charge in [-0.3, -0.25) is 15.0 Å². The van der Waals surface area contributed by atoms with E-state index < -0.39 is 0 Å². The third-order valence-electron chi connectivity index (χ3n) is 8.11. The molecule has 0 amide bonds. The van der Waals surface area contributed by atoms with E-state index in [-0.39, 0.29) is 0 Å². The summed E-state index contributed by atoms with van der Waals surface area (Å²) in [4.78, 5) is 15.6. The van der Waals surface area contributed by atoms with Gasteiger partial charge in [-0.2, -0.15) is 5.10 Å². The molecule has 1 saturated heterocycles. The van der Waals surface area contributed by atoms with Crippen molar-refractivity contribution in [2.75, 3.05) is 19.6 Å². The van der Waals surface area contributed by atoms with Crippen molar-refractivity contribution in [2.45, 2.75) is 57.8 Å². The van der Waals surface area contributed by atoms with Crippen LogP contribution in [0.1, 0.15) is 68.9 Å². The SMILES string of the molecule is C=C/C(=C\C(=C/C)c1ccc2[nH]nc(-c3nc4c(C5CCCCC5)cncc4[nH]3)c2c1)CN1CCCC1. The average Bonchev–Trinajstić information content (AvgIpc) is 3.70. The van der Waals surface area contributed by atoms with Crippen LogP contribution < -0.4 is 0 Å². The molecule has 1 aliphatic carbocycles. The number of aromatic nitrogens is 5. The van der Waals surface area contributed by atoms with Gasteiger partial charge in [0.05, 0.1) is 22.7 Å². The molecule has 4 heterocycles. The minimum absolute atomic E-state index is 0.548. The van der Waals surface area contributed by atoms with Gasteiger partial charge in [-0.25, -0.2) is 4.98 Å². The number of benzene rings is 1. The Labute approximate surface area is 218 Å². The van der Waals surface area contributed by atoms with Crippen molar-refractivity contribution in [3.63, 3.8) is 0 Å². The number of allylic oxidation sites excluding steroid dienone is 3. The van der Waals surface area contributed by atoms with Gasteiger partial charge in [-0.15, -0.1) is 0 Å². The predicted molar refractivity (Wildman–Crippen MR) is 152 cm³/mol. The van der Waals surface area contributed by atoms with Gasteiger partial charge >= 0.3 is 0 Å². The molecule has 0 atom stereocenters. The van der Waals surface area contributed by atoms with E-state index in [4.69, 9.17) is 4.98 Å². The van der Waals surface area contributed by atoms with Crippen molar-refractivity contribution < 1.29 is 0 Å². The number of fused-ring (bicyclic) bond motifs is 2. The molecule has 2 N–H and O–H groups in total. The normalized spacial score (nSPS) is 18.3. The maximum Gasteiger partial charge on any atom is 0.159 e. The molecule has 1 aromatic carbocycles. The van der Waals surface area contributed by atoms with Crippen molar-refractivity contribution >= 4 is 27.5 Å². The predicted octanol–water partition coefficient (Wildman–Crippen LogP) is 7.16. The molecule has 190 valence electrons. The Hall–Kier alpha value is -3.51. The second-order valence-electron chi connectivity index (χ2n) is 10.5. The van der Waals surface area contributed by atoms with E-state index >= 15 is 0 Å². The minimum atomic E-state index is 0.548. The molecule has 2 fully saturated rings. The van der Waals surface area contributed by atoms with Crippen molar-refractivity contribution in [1.82, 2.24) is 30.0 Å². The Morgan fingerprint density at radius 1 is 1.08 bits per heavy atom. The number of nitrogens with zero attached hydrogens (tertiary/aromatic N) is 4. The summed E-state index contributed by atoms with van der Waals surface area (Å²) < 4.78 is 0. The zero-order valence-electron chi connectivity index (χ0n) is 21.8. The number of imidazole rings is 1. The van der Waals surface area contributed by atoms with Crippen LogP contribution in [0, 0.1) is 0 Å². The number of likely N-dealkylation sites (tertiary alicyclic amines) is 1. The Balaban J connectivity index is 1.35. The molecule has 6 nitrogen and oxygen atoms in total. The Kier molecular flexibility index (Phi) is 6.75. The summed E-state index contributed by atoms with van der Waals surface area (Å²) in [5.41, 5.74) is 8.77. The molecule has 0 radical (unpaired) electrons. The Bertz CT molecular complexity index is 1470. The molecule has 6 rings (SSSR count). The molecule has 0 unspecified atom stereocenters. The van der Waals surface area contributed by atoms with Crippen LogP contribution in [0.25, 0.3) is 39.0 Å². The number of hydrogen-bond donors (Lipinski definition) is 2. The molecule has 1 aliphatic heterocycles. The van der Waals surface area contributed by atoms with Gasteiger partial charge in [-0.1, -0.05) is 50.1 Å². The molecule has 6 heteroatoms. The quantitative estimate of drug-likeness (QED) is 0.268. The molecule has 0 spiro atoms. The highest BCUT2D eigenvalue weighted by molar-refractivity contribution is 5.96. The maximum absolute atomic E-state index is 5.07. The summed E-state index contributed by atoms with van der Waals surface area (Å²) >= 11 is 0. The highest BCUT2D eigenvalue weighted by Crippen LogP contribution is 2.36. The van der Waals surface area contributed by atoms with Crippen LogP contribution in [0.5, 0.6) is 0 Å². The first-order valence-corrected chi connectivity index (χ1v) is 13.8. The highest BCUT2D eigenvalue weighted by Gasteiger charge is 2.21. The molecule has 0 bridgehead atoms. The lowest BCUT2D eigenvalue weighted by Crippen LogP contribution is -2.21. The molecule has 4 aromatic rings. The van der Waals surface area contributed by atoms with Crippen molar-refractivity contribution in [2.24, 2.45) is 0 Å². The lowest BCUT2D eigenvalue weighted by molar-refractivity contribution is 0.371. The van der Waals surface area contributed by atoms with Crippen LogP contribution in [0.4, 0.5) is 0 Å². The minimum Gasteiger partial charge on any atom is -0.335 e. The van der Waals surface area contributed by atoms with E-state index in [0.717, 1.165) is 40.0 Å². The average molecular weight is 493 g/mol. The number of aromatic amines is 2. The third kappa shape index (κ3) is 4.78. The highest BCUT2D eigenvalue weighted by atomic mass is 15.1. The Morgan fingerprint density at radius 3 is 2.70 bits per heavy atom. The summed E-state index contributed by atoms with van der Waals surface area (Å²) in [6, 6.07) is 6.50. The zero-order chi connectivity index (χ0) is 25.2. The lowest BCUT2D eigenvalue weighted by Gasteiger charge is -2.21. The molecule has 1 saturated carbocycles. The summed E-state index contributed by atoms with van der Waals surface area (Å²) in [5.74, 6) is 1.34. The molecule has 37 heavy (non-hydrogen) atoms. The maximum atomic E-state index is 5.07. The van der Waals surface area contributed by atoms with Crippen LogP contribution >= 0.6 is 0 Å². The van der Waals surface area contributed by atoms with Crippen molar-refractivity contribution in [3.8, 4) is 11.5 Å². The summed E-state index contributed by atoms with van der Waals surface area (Å²) in [6.07, 6.45) is 19.3. The fraction of sp³-hybridized carbons (Fsp3) is 0.387. The van der Waals surface area contributed by atoms with Gasteiger partial charge in [-0.05, 0) is 80.5 Å². The fourth-order valence-electron chi connectivity index (χ4n) is 6.05. The van der Waals surface area contributed by atoms with E-state index in [9.17, 15) is 0 Å². The first-order chi connectivity index (χ1) is 18.2. The van der Waals surface area contributed by atoms with Crippen LogP contribution in [-0.2, 0) is 0 Å².